The Hall–Kier alpha value is -1.39. The van der Waals surface area contributed by atoms with E-state index in [0.717, 1.165) is 19.3 Å². The van der Waals surface area contributed by atoms with Crippen LogP contribution in [0.15, 0.2) is 30.3 Å². The minimum Gasteiger partial charge on any atom is -0.459 e. The number of rotatable bonds is 5. The third-order valence-corrected chi connectivity index (χ3v) is 4.58. The highest BCUT2D eigenvalue weighted by molar-refractivity contribution is 5.75. The first-order valence-electron chi connectivity index (χ1n) is 9.09. The maximum absolute atomic E-state index is 12.1. The molecule has 1 aromatic carbocycles. The molecule has 0 bridgehead atoms. The Morgan fingerprint density at radius 3 is 2.62 bits per heavy atom. The molecule has 1 aromatic rings. The number of ether oxygens (including phenoxy) is 2. The fourth-order valence-electron chi connectivity index (χ4n) is 3.31. The molecule has 1 heterocycles. The summed E-state index contributed by atoms with van der Waals surface area (Å²) in [6.45, 7) is 6.87. The normalized spacial score (nSPS) is 28.8. The maximum Gasteiger partial charge on any atom is 0.323 e. The van der Waals surface area contributed by atoms with E-state index in [1.165, 1.54) is 5.56 Å². The van der Waals surface area contributed by atoms with Crippen molar-refractivity contribution in [2.45, 2.75) is 64.7 Å². The molecule has 0 spiro atoms. The summed E-state index contributed by atoms with van der Waals surface area (Å²) in [4.78, 5) is 12.1. The number of hydrogen-bond donors (Lipinski definition) is 1. The Labute approximate surface area is 145 Å². The Bertz CT molecular complexity index is 503. The molecule has 0 saturated carbocycles. The molecule has 134 valence electrons. The van der Waals surface area contributed by atoms with Gasteiger partial charge in [-0.1, -0.05) is 50.6 Å². The minimum absolute atomic E-state index is 0.0955. The van der Waals surface area contributed by atoms with Crippen molar-refractivity contribution in [1.29, 1.82) is 0 Å². The van der Waals surface area contributed by atoms with Crippen LogP contribution >= 0.6 is 0 Å². The molecule has 0 amide bonds. The lowest BCUT2D eigenvalue weighted by molar-refractivity contribution is -0.160. The topological polar surface area (TPSA) is 61.5 Å². The zero-order valence-corrected chi connectivity index (χ0v) is 15.1. The largest absolute Gasteiger partial charge is 0.459 e. The lowest BCUT2D eigenvalue weighted by Gasteiger charge is -2.32. The molecule has 0 unspecified atom stereocenters. The lowest BCUT2D eigenvalue weighted by atomic mass is 9.87. The average Bonchev–Trinajstić information content (AvgIpc) is 2.58. The average molecular weight is 333 g/mol. The van der Waals surface area contributed by atoms with E-state index in [1.54, 1.807) is 0 Å². The van der Waals surface area contributed by atoms with Crippen LogP contribution in [0.3, 0.4) is 0 Å². The molecular weight excluding hydrogens is 302 g/mol. The summed E-state index contributed by atoms with van der Waals surface area (Å²) in [6.07, 6.45) is 3.14. The van der Waals surface area contributed by atoms with Crippen LogP contribution in [0.5, 0.6) is 0 Å². The number of nitrogens with two attached hydrogens (primary N) is 1. The van der Waals surface area contributed by atoms with Gasteiger partial charge in [-0.3, -0.25) is 4.79 Å². The van der Waals surface area contributed by atoms with E-state index in [-0.39, 0.29) is 18.2 Å². The third kappa shape index (κ3) is 5.60. The monoisotopic (exact) mass is 333 g/mol. The zero-order valence-electron chi connectivity index (χ0n) is 15.1. The number of hydrogen-bond acceptors (Lipinski definition) is 4. The summed E-state index contributed by atoms with van der Waals surface area (Å²) in [5.41, 5.74) is 7.22. The molecule has 0 aliphatic carbocycles. The molecule has 2 rings (SSSR count). The molecule has 1 aliphatic rings. The van der Waals surface area contributed by atoms with Gasteiger partial charge in [0.15, 0.2) is 0 Å². The number of benzene rings is 1. The Morgan fingerprint density at radius 1 is 1.25 bits per heavy atom. The fraction of sp³-hybridized carbons (Fsp3) is 0.650. The van der Waals surface area contributed by atoms with Gasteiger partial charge in [-0.15, -0.1) is 0 Å². The van der Waals surface area contributed by atoms with Gasteiger partial charge in [-0.05, 0) is 43.6 Å². The number of carbonyl (C=O) groups is 1. The van der Waals surface area contributed by atoms with Crippen LogP contribution in [-0.4, -0.2) is 30.8 Å². The van der Waals surface area contributed by atoms with Gasteiger partial charge in [0.05, 0.1) is 6.10 Å². The summed E-state index contributed by atoms with van der Waals surface area (Å²) in [5.74, 6) is 0.459. The van der Waals surface area contributed by atoms with E-state index in [0.29, 0.717) is 24.9 Å². The first-order chi connectivity index (χ1) is 11.5. The van der Waals surface area contributed by atoms with Gasteiger partial charge in [0.25, 0.3) is 0 Å². The molecule has 2 N–H and O–H groups in total. The molecule has 1 aliphatic heterocycles. The second-order valence-electron chi connectivity index (χ2n) is 7.32. The fourth-order valence-corrected chi connectivity index (χ4v) is 3.31. The van der Waals surface area contributed by atoms with Crippen molar-refractivity contribution >= 4 is 5.97 Å². The van der Waals surface area contributed by atoms with Crippen molar-refractivity contribution in [2.24, 2.45) is 17.6 Å². The van der Waals surface area contributed by atoms with E-state index in [1.807, 2.05) is 13.0 Å². The summed E-state index contributed by atoms with van der Waals surface area (Å²) in [6, 6.07) is 9.93. The molecule has 24 heavy (non-hydrogen) atoms. The predicted octanol–water partition coefficient (Wildman–Crippen LogP) is 3.33. The molecule has 0 radical (unpaired) electrons. The van der Waals surface area contributed by atoms with E-state index in [4.69, 9.17) is 15.2 Å². The molecule has 4 atom stereocenters. The van der Waals surface area contributed by atoms with Gasteiger partial charge < -0.3 is 15.2 Å². The van der Waals surface area contributed by atoms with E-state index >= 15 is 0 Å². The first-order valence-corrected chi connectivity index (χ1v) is 9.09. The van der Waals surface area contributed by atoms with Crippen LogP contribution in [0.25, 0.3) is 0 Å². The van der Waals surface area contributed by atoms with E-state index in [9.17, 15) is 4.79 Å². The molecular formula is C20H31NO3. The predicted molar refractivity (Wildman–Crippen MR) is 95.6 cm³/mol. The van der Waals surface area contributed by atoms with Gasteiger partial charge in [0, 0.05) is 6.61 Å². The van der Waals surface area contributed by atoms with Crippen molar-refractivity contribution in [3.63, 3.8) is 0 Å². The first kappa shape index (κ1) is 18.9. The standard InChI is InChI=1S/C20H31NO3/c1-14(2)13-23-19-15(3)24-20(22)18(21)11-7-10-17(19)12-16-8-5-4-6-9-16/h4-6,8-9,14-15,17-19H,7,10-13,21H2,1-3H3/t15-,17+,18-,19-/m0/s1. The molecule has 0 aromatic heterocycles. The van der Waals surface area contributed by atoms with Gasteiger partial charge >= 0.3 is 5.97 Å². The van der Waals surface area contributed by atoms with Crippen molar-refractivity contribution in [3.8, 4) is 0 Å². The lowest BCUT2D eigenvalue weighted by Crippen LogP contribution is -2.41. The maximum atomic E-state index is 12.1. The van der Waals surface area contributed by atoms with Crippen molar-refractivity contribution < 1.29 is 14.3 Å². The van der Waals surface area contributed by atoms with Gasteiger partial charge in [-0.2, -0.15) is 0 Å². The summed E-state index contributed by atoms with van der Waals surface area (Å²) in [5, 5.41) is 0. The van der Waals surface area contributed by atoms with Gasteiger partial charge in [-0.25, -0.2) is 0 Å². The van der Waals surface area contributed by atoms with Crippen LogP contribution < -0.4 is 5.73 Å². The zero-order chi connectivity index (χ0) is 17.5. The smallest absolute Gasteiger partial charge is 0.323 e. The Morgan fingerprint density at radius 2 is 1.96 bits per heavy atom. The summed E-state index contributed by atoms with van der Waals surface area (Å²) in [7, 11) is 0. The molecule has 4 heteroatoms. The molecule has 1 fully saturated rings. The van der Waals surface area contributed by atoms with Gasteiger partial charge in [0.2, 0.25) is 0 Å². The minimum atomic E-state index is -0.520. The Balaban J connectivity index is 2.17. The van der Waals surface area contributed by atoms with Crippen LogP contribution in [0.4, 0.5) is 0 Å². The van der Waals surface area contributed by atoms with Crippen LogP contribution in [0.1, 0.15) is 45.6 Å². The highest BCUT2D eigenvalue weighted by atomic mass is 16.6. The van der Waals surface area contributed by atoms with Crippen molar-refractivity contribution in [3.05, 3.63) is 35.9 Å². The number of cyclic esters (lactones) is 1. The second-order valence-corrected chi connectivity index (χ2v) is 7.32. The quantitative estimate of drug-likeness (QED) is 0.840. The van der Waals surface area contributed by atoms with Gasteiger partial charge in [0.1, 0.15) is 12.1 Å². The summed E-state index contributed by atoms with van der Waals surface area (Å²) >= 11 is 0. The third-order valence-electron chi connectivity index (χ3n) is 4.58. The van der Waals surface area contributed by atoms with Crippen LogP contribution in [-0.2, 0) is 20.7 Å². The highest BCUT2D eigenvalue weighted by Gasteiger charge is 2.33. The summed E-state index contributed by atoms with van der Waals surface area (Å²) < 4.78 is 11.8. The number of esters is 1. The van der Waals surface area contributed by atoms with Crippen LogP contribution in [0.2, 0.25) is 0 Å². The SMILES string of the molecule is CC(C)CO[C@@H]1[C@@H](Cc2ccccc2)CCC[C@H](N)C(=O)O[C@H]1C. The highest BCUT2D eigenvalue weighted by Crippen LogP contribution is 2.27. The van der Waals surface area contributed by atoms with Crippen molar-refractivity contribution in [1.82, 2.24) is 0 Å². The van der Waals surface area contributed by atoms with Crippen LogP contribution in [0, 0.1) is 11.8 Å². The number of carbonyl (C=O) groups excluding carboxylic acids is 1. The van der Waals surface area contributed by atoms with E-state index < -0.39 is 6.04 Å². The molecule has 1 saturated heterocycles. The second kappa shape index (κ2) is 9.19. The van der Waals surface area contributed by atoms with E-state index in [2.05, 4.69) is 38.1 Å². The molecule has 4 nitrogen and oxygen atoms in total. The van der Waals surface area contributed by atoms with Crippen molar-refractivity contribution in [2.75, 3.05) is 6.61 Å². The Kier molecular flexibility index (Phi) is 7.25.